The molecule has 92 valence electrons. The van der Waals surface area contributed by atoms with Crippen molar-refractivity contribution in [2.75, 3.05) is 26.4 Å². The Morgan fingerprint density at radius 2 is 2.41 bits per heavy atom. The molecule has 2 rings (SSSR count). The summed E-state index contributed by atoms with van der Waals surface area (Å²) in [5.41, 5.74) is 0.354. The Morgan fingerprint density at radius 3 is 3.12 bits per heavy atom. The van der Waals surface area contributed by atoms with Crippen LogP contribution < -0.4 is 0 Å². The van der Waals surface area contributed by atoms with Crippen LogP contribution in [0.4, 0.5) is 4.39 Å². The van der Waals surface area contributed by atoms with Gasteiger partial charge >= 0.3 is 0 Å². The van der Waals surface area contributed by atoms with E-state index in [-0.39, 0.29) is 12.4 Å². The first-order valence-corrected chi connectivity index (χ1v) is 5.70. The molecule has 4 heteroatoms. The summed E-state index contributed by atoms with van der Waals surface area (Å²) in [5.74, 6) is -0.209. The molecular weight excluding hydrogens is 223 g/mol. The summed E-state index contributed by atoms with van der Waals surface area (Å²) in [5, 5.41) is 0. The van der Waals surface area contributed by atoms with Gasteiger partial charge in [-0.1, -0.05) is 12.1 Å². The van der Waals surface area contributed by atoms with Gasteiger partial charge in [-0.25, -0.2) is 4.39 Å². The maximum atomic E-state index is 12.9. The number of benzene rings is 1. The Kier molecular flexibility index (Phi) is 4.23. The van der Waals surface area contributed by atoms with Crippen LogP contribution in [-0.4, -0.2) is 32.2 Å². The van der Waals surface area contributed by atoms with E-state index in [1.807, 2.05) is 0 Å². The van der Waals surface area contributed by atoms with Gasteiger partial charge in [0.2, 0.25) is 0 Å². The number of rotatable bonds is 5. The minimum Gasteiger partial charge on any atom is -0.381 e. The molecule has 17 heavy (non-hydrogen) atoms. The molecule has 1 fully saturated rings. The molecule has 0 radical (unpaired) electrons. The number of carbonyl (C=O) groups excluding carboxylic acids is 1. The number of hydrogen-bond acceptors (Lipinski definition) is 3. The molecular formula is C13H15FO3. The van der Waals surface area contributed by atoms with Crippen LogP contribution >= 0.6 is 0 Å². The highest BCUT2D eigenvalue weighted by atomic mass is 19.1. The summed E-state index contributed by atoms with van der Waals surface area (Å²) in [6.07, 6.45) is 0.980. The molecule has 1 unspecified atom stereocenters. The van der Waals surface area contributed by atoms with E-state index < -0.39 is 5.82 Å². The van der Waals surface area contributed by atoms with Crippen LogP contribution in [-0.2, 0) is 9.47 Å². The van der Waals surface area contributed by atoms with Crippen LogP contribution in [0.1, 0.15) is 16.8 Å². The molecule has 0 N–H and O–H groups in total. The lowest BCUT2D eigenvalue weighted by Gasteiger charge is -2.08. The molecule has 0 amide bonds. The minimum atomic E-state index is -0.403. The SMILES string of the molecule is O=C(COCC1CCOC1)c1cccc(F)c1. The van der Waals surface area contributed by atoms with Crippen molar-refractivity contribution in [3.8, 4) is 0 Å². The molecule has 0 spiro atoms. The summed E-state index contributed by atoms with van der Waals surface area (Å²) < 4.78 is 23.4. The highest BCUT2D eigenvalue weighted by molar-refractivity contribution is 5.97. The number of Topliss-reactive ketones (excluding diaryl/α,β-unsaturated/α-hetero) is 1. The number of carbonyl (C=O) groups is 1. The van der Waals surface area contributed by atoms with Gasteiger partial charge in [0.05, 0.1) is 13.2 Å². The van der Waals surface area contributed by atoms with E-state index in [0.717, 1.165) is 13.0 Å². The van der Waals surface area contributed by atoms with Crippen molar-refractivity contribution in [2.24, 2.45) is 5.92 Å². The lowest BCUT2D eigenvalue weighted by atomic mass is 10.1. The number of ketones is 1. The molecule has 1 saturated heterocycles. The first kappa shape index (κ1) is 12.2. The molecule has 0 saturated carbocycles. The van der Waals surface area contributed by atoms with Crippen molar-refractivity contribution < 1.29 is 18.7 Å². The maximum absolute atomic E-state index is 12.9. The highest BCUT2D eigenvalue weighted by Gasteiger charge is 2.16. The molecule has 1 atom stereocenters. The first-order valence-electron chi connectivity index (χ1n) is 5.70. The van der Waals surface area contributed by atoms with Crippen LogP contribution in [0.2, 0.25) is 0 Å². The zero-order chi connectivity index (χ0) is 12.1. The lowest BCUT2D eigenvalue weighted by molar-refractivity contribution is 0.0651. The standard InChI is InChI=1S/C13H15FO3/c14-12-3-1-2-11(6-12)13(15)9-17-8-10-4-5-16-7-10/h1-3,6,10H,4-5,7-9H2. The predicted molar refractivity (Wildman–Crippen MR) is 60.5 cm³/mol. The van der Waals surface area contributed by atoms with Crippen molar-refractivity contribution >= 4 is 5.78 Å². The number of hydrogen-bond donors (Lipinski definition) is 0. The third-order valence-electron chi connectivity index (χ3n) is 2.76. The molecule has 1 aliphatic heterocycles. The summed E-state index contributed by atoms with van der Waals surface area (Å²) >= 11 is 0. The van der Waals surface area contributed by atoms with Crippen molar-refractivity contribution in [3.63, 3.8) is 0 Å². The zero-order valence-corrected chi connectivity index (χ0v) is 9.52. The van der Waals surface area contributed by atoms with Crippen molar-refractivity contribution in [1.82, 2.24) is 0 Å². The Bertz CT molecular complexity index is 386. The molecule has 0 aliphatic carbocycles. The molecule has 1 aromatic rings. The predicted octanol–water partition coefficient (Wildman–Crippen LogP) is 2.06. The maximum Gasteiger partial charge on any atom is 0.188 e. The van der Waals surface area contributed by atoms with Crippen molar-refractivity contribution in [3.05, 3.63) is 35.6 Å². The summed E-state index contributed by atoms with van der Waals surface area (Å²) in [6, 6.07) is 5.65. The third-order valence-corrected chi connectivity index (χ3v) is 2.76. The van der Waals surface area contributed by atoms with E-state index in [1.54, 1.807) is 6.07 Å². The van der Waals surface area contributed by atoms with E-state index in [2.05, 4.69) is 0 Å². The lowest BCUT2D eigenvalue weighted by Crippen LogP contribution is -2.15. The summed E-state index contributed by atoms with van der Waals surface area (Å²) in [6.45, 7) is 2.00. The number of halogens is 1. The molecule has 0 aromatic heterocycles. The number of ether oxygens (including phenoxy) is 2. The van der Waals surface area contributed by atoms with Gasteiger partial charge in [-0.15, -0.1) is 0 Å². The van der Waals surface area contributed by atoms with E-state index in [4.69, 9.17) is 9.47 Å². The Labute approximate surface area is 99.5 Å². The quantitative estimate of drug-likeness (QED) is 0.736. The molecule has 0 bridgehead atoms. The van der Waals surface area contributed by atoms with E-state index in [9.17, 15) is 9.18 Å². The van der Waals surface area contributed by atoms with Crippen LogP contribution in [0.3, 0.4) is 0 Å². The van der Waals surface area contributed by atoms with Gasteiger partial charge in [0.15, 0.2) is 5.78 Å². The molecule has 3 nitrogen and oxygen atoms in total. The average molecular weight is 238 g/mol. The summed E-state index contributed by atoms with van der Waals surface area (Å²) in [4.78, 5) is 11.6. The van der Waals surface area contributed by atoms with Gasteiger partial charge in [0.25, 0.3) is 0 Å². The fraction of sp³-hybridized carbons (Fsp3) is 0.462. The summed E-state index contributed by atoms with van der Waals surface area (Å²) in [7, 11) is 0. The van der Waals surface area contributed by atoms with Gasteiger partial charge < -0.3 is 9.47 Å². The third kappa shape index (κ3) is 3.61. The second kappa shape index (κ2) is 5.89. The highest BCUT2D eigenvalue weighted by Crippen LogP contribution is 2.12. The fourth-order valence-electron chi connectivity index (χ4n) is 1.78. The van der Waals surface area contributed by atoms with Crippen molar-refractivity contribution in [1.29, 1.82) is 0 Å². The van der Waals surface area contributed by atoms with E-state index >= 15 is 0 Å². The average Bonchev–Trinajstić information content (AvgIpc) is 2.82. The van der Waals surface area contributed by atoms with Gasteiger partial charge in [-0.3, -0.25) is 4.79 Å². The smallest absolute Gasteiger partial charge is 0.188 e. The van der Waals surface area contributed by atoms with E-state index in [1.165, 1.54) is 18.2 Å². The second-order valence-electron chi connectivity index (χ2n) is 4.18. The zero-order valence-electron chi connectivity index (χ0n) is 9.52. The van der Waals surface area contributed by atoms with Crippen molar-refractivity contribution in [2.45, 2.75) is 6.42 Å². The first-order chi connectivity index (χ1) is 8.25. The van der Waals surface area contributed by atoms with E-state index in [0.29, 0.717) is 24.7 Å². The topological polar surface area (TPSA) is 35.5 Å². The van der Waals surface area contributed by atoms with Gasteiger partial charge in [-0.05, 0) is 18.6 Å². The van der Waals surface area contributed by atoms with Crippen LogP contribution in [0.5, 0.6) is 0 Å². The Balaban J connectivity index is 1.77. The van der Waals surface area contributed by atoms with Crippen LogP contribution in [0, 0.1) is 11.7 Å². The monoisotopic (exact) mass is 238 g/mol. The van der Waals surface area contributed by atoms with Gasteiger partial charge in [-0.2, -0.15) is 0 Å². The normalized spacial score (nSPS) is 19.5. The van der Waals surface area contributed by atoms with Crippen LogP contribution in [0.25, 0.3) is 0 Å². The minimum absolute atomic E-state index is 0.0000463. The Hall–Kier alpha value is -1.26. The second-order valence-corrected chi connectivity index (χ2v) is 4.18. The fourth-order valence-corrected chi connectivity index (χ4v) is 1.78. The Morgan fingerprint density at radius 1 is 1.53 bits per heavy atom. The molecule has 1 heterocycles. The van der Waals surface area contributed by atoms with Gasteiger partial charge in [0.1, 0.15) is 12.4 Å². The molecule has 1 aliphatic rings. The largest absolute Gasteiger partial charge is 0.381 e. The molecule has 1 aromatic carbocycles. The van der Waals surface area contributed by atoms with Gasteiger partial charge in [0, 0.05) is 18.1 Å². The van der Waals surface area contributed by atoms with Crippen LogP contribution in [0.15, 0.2) is 24.3 Å².